The van der Waals surface area contributed by atoms with Gasteiger partial charge in [0.15, 0.2) is 5.75 Å². The Balaban J connectivity index is 1.58. The fourth-order valence-electron chi connectivity index (χ4n) is 5.36. The summed E-state index contributed by atoms with van der Waals surface area (Å²) in [4.78, 5) is 38.8. The average Bonchev–Trinajstić information content (AvgIpc) is 3.09. The molecule has 0 saturated carbocycles. The Hall–Kier alpha value is -3.41. The van der Waals surface area contributed by atoms with Gasteiger partial charge in [-0.05, 0) is 18.2 Å². The number of nitrogens with two attached hydrogens (primary N) is 1. The second-order valence-electron chi connectivity index (χ2n) is 9.78. The summed E-state index contributed by atoms with van der Waals surface area (Å²) >= 11 is 6.83. The van der Waals surface area contributed by atoms with Gasteiger partial charge >= 0.3 is 0 Å². The third-order valence-electron chi connectivity index (χ3n) is 7.51. The van der Waals surface area contributed by atoms with Gasteiger partial charge in [-0.15, -0.1) is 0 Å². The first-order valence-corrected chi connectivity index (χ1v) is 13.3. The number of methoxy groups -OCH3 is 1. The lowest BCUT2D eigenvalue weighted by Gasteiger charge is -2.40. The first-order chi connectivity index (χ1) is 18.8. The van der Waals surface area contributed by atoms with Gasteiger partial charge in [-0.2, -0.15) is 0 Å². The molecule has 2 amide bonds. The van der Waals surface area contributed by atoms with Crippen LogP contribution >= 0.6 is 11.6 Å². The summed E-state index contributed by atoms with van der Waals surface area (Å²) in [6, 6.07) is 3.99. The van der Waals surface area contributed by atoms with Crippen molar-refractivity contribution in [1.29, 1.82) is 0 Å². The Bertz CT molecular complexity index is 1270. The van der Waals surface area contributed by atoms with Crippen molar-refractivity contribution in [3.63, 3.8) is 0 Å². The number of ether oxygens (including phenoxy) is 2. The maximum atomic E-state index is 15.1. The minimum Gasteiger partial charge on any atom is -0.489 e. The molecule has 0 unspecified atom stereocenters. The Morgan fingerprint density at radius 1 is 1.26 bits per heavy atom. The van der Waals surface area contributed by atoms with Crippen LogP contribution in [-0.2, 0) is 9.53 Å². The number of fused-ring (bicyclic) bond motifs is 2. The van der Waals surface area contributed by atoms with Crippen LogP contribution in [0.25, 0.3) is 11.3 Å². The number of halogens is 2. The number of anilines is 2. The van der Waals surface area contributed by atoms with E-state index in [1.54, 1.807) is 23.0 Å². The number of carbonyl (C=O) groups is 2. The van der Waals surface area contributed by atoms with E-state index in [1.807, 2.05) is 4.90 Å². The average molecular weight is 559 g/mol. The van der Waals surface area contributed by atoms with Crippen LogP contribution in [0.4, 0.5) is 15.9 Å². The Morgan fingerprint density at radius 2 is 2.03 bits per heavy atom. The lowest BCUT2D eigenvalue weighted by atomic mass is 10.0. The summed E-state index contributed by atoms with van der Waals surface area (Å²) < 4.78 is 26.5. The number of piperazine rings is 2. The largest absolute Gasteiger partial charge is 0.489 e. The van der Waals surface area contributed by atoms with Crippen LogP contribution in [-0.4, -0.2) is 110 Å². The van der Waals surface area contributed by atoms with Crippen LogP contribution < -0.4 is 15.4 Å². The smallest absolute Gasteiger partial charge is 0.261 e. The standard InChI is InChI=1S/C27H32ClFN6O4/c1-3-20(36)34-11-12-35-17(15-34)16-39-25-22(27(35)37)26(33-9-7-32(8-10-33)13-14-38-2)31-24(23(25)28)21-18(29)5-4-6-19(21)30/h3-6,17H,1,7-16,30H2,2H3/t17-/m1/s1. The maximum Gasteiger partial charge on any atom is 0.261 e. The molecule has 39 heavy (non-hydrogen) atoms. The molecule has 0 aliphatic carbocycles. The van der Waals surface area contributed by atoms with Crippen molar-refractivity contribution in [1.82, 2.24) is 19.7 Å². The van der Waals surface area contributed by atoms with Gasteiger partial charge in [-0.3, -0.25) is 14.5 Å². The number of aromatic nitrogens is 1. The van der Waals surface area contributed by atoms with Crippen LogP contribution in [0.2, 0.25) is 5.02 Å². The molecule has 1 aromatic heterocycles. The van der Waals surface area contributed by atoms with Crippen LogP contribution in [0, 0.1) is 5.82 Å². The summed E-state index contributed by atoms with van der Waals surface area (Å²) in [5, 5.41) is 0.0245. The molecule has 12 heteroatoms. The van der Waals surface area contributed by atoms with E-state index in [1.165, 1.54) is 18.2 Å². The van der Waals surface area contributed by atoms with E-state index in [-0.39, 0.29) is 57.7 Å². The molecule has 10 nitrogen and oxygen atoms in total. The second-order valence-corrected chi connectivity index (χ2v) is 10.2. The first-order valence-electron chi connectivity index (χ1n) is 12.9. The summed E-state index contributed by atoms with van der Waals surface area (Å²) in [5.41, 5.74) is 6.78. The summed E-state index contributed by atoms with van der Waals surface area (Å²) in [5.74, 6) is -0.517. The molecule has 0 radical (unpaired) electrons. The molecule has 0 bridgehead atoms. The van der Waals surface area contributed by atoms with Crippen molar-refractivity contribution < 1.29 is 23.5 Å². The highest BCUT2D eigenvalue weighted by Gasteiger charge is 2.41. The fourth-order valence-corrected chi connectivity index (χ4v) is 5.65. The van der Waals surface area contributed by atoms with Crippen molar-refractivity contribution in [3.8, 4) is 17.0 Å². The molecule has 4 heterocycles. The predicted molar refractivity (Wildman–Crippen MR) is 147 cm³/mol. The minimum atomic E-state index is -0.573. The Labute approximate surface area is 231 Å². The fraction of sp³-hybridized carbons (Fsp3) is 0.444. The van der Waals surface area contributed by atoms with Crippen molar-refractivity contribution in [2.75, 3.05) is 83.3 Å². The molecule has 2 N–H and O–H groups in total. The summed E-state index contributed by atoms with van der Waals surface area (Å²) in [6.07, 6.45) is 1.26. The van der Waals surface area contributed by atoms with Crippen LogP contribution in [0.5, 0.6) is 5.75 Å². The van der Waals surface area contributed by atoms with Crippen molar-refractivity contribution >= 4 is 34.9 Å². The van der Waals surface area contributed by atoms with Crippen molar-refractivity contribution in [2.24, 2.45) is 0 Å². The number of carbonyl (C=O) groups excluding carboxylic acids is 2. The lowest BCUT2D eigenvalue weighted by molar-refractivity contribution is -0.128. The molecular weight excluding hydrogens is 527 g/mol. The van der Waals surface area contributed by atoms with E-state index in [0.29, 0.717) is 45.1 Å². The molecule has 208 valence electrons. The number of rotatable bonds is 6. The van der Waals surface area contributed by atoms with E-state index in [0.717, 1.165) is 19.6 Å². The second kappa shape index (κ2) is 11.4. The molecule has 2 fully saturated rings. The van der Waals surface area contributed by atoms with Crippen LogP contribution in [0.15, 0.2) is 30.9 Å². The zero-order valence-electron chi connectivity index (χ0n) is 21.9. The summed E-state index contributed by atoms with van der Waals surface area (Å²) in [7, 11) is 1.67. The predicted octanol–water partition coefficient (Wildman–Crippen LogP) is 2.12. The van der Waals surface area contributed by atoms with E-state index in [2.05, 4.69) is 11.5 Å². The van der Waals surface area contributed by atoms with Crippen LogP contribution in [0.3, 0.4) is 0 Å². The first kappa shape index (κ1) is 27.2. The van der Waals surface area contributed by atoms with E-state index in [4.69, 9.17) is 31.8 Å². The quantitative estimate of drug-likeness (QED) is 0.425. The number of nitrogens with zero attached hydrogens (tertiary/aromatic N) is 5. The molecule has 2 saturated heterocycles. The van der Waals surface area contributed by atoms with Gasteiger partial charge in [0, 0.05) is 65.2 Å². The lowest BCUT2D eigenvalue weighted by Crippen LogP contribution is -2.57. The Morgan fingerprint density at radius 3 is 2.72 bits per heavy atom. The molecule has 0 spiro atoms. The molecule has 3 aliphatic rings. The maximum absolute atomic E-state index is 15.1. The zero-order valence-corrected chi connectivity index (χ0v) is 22.6. The van der Waals surface area contributed by atoms with E-state index < -0.39 is 5.82 Å². The third kappa shape index (κ3) is 5.13. The highest BCUT2D eigenvalue weighted by Crippen LogP contribution is 2.45. The van der Waals surface area contributed by atoms with Crippen molar-refractivity contribution in [3.05, 3.63) is 47.3 Å². The van der Waals surface area contributed by atoms with Gasteiger partial charge in [-0.25, -0.2) is 9.37 Å². The number of benzene rings is 1. The van der Waals surface area contributed by atoms with Gasteiger partial charge in [0.1, 0.15) is 34.5 Å². The minimum absolute atomic E-state index is 0.0245. The molecular formula is C27H32ClFN6O4. The Kier molecular flexibility index (Phi) is 7.92. The summed E-state index contributed by atoms with van der Waals surface area (Å²) in [6.45, 7) is 8.76. The normalized spacial score (nSPS) is 19.7. The number of pyridine rings is 1. The van der Waals surface area contributed by atoms with Gasteiger partial charge in [0.2, 0.25) is 5.91 Å². The molecule has 5 rings (SSSR count). The van der Waals surface area contributed by atoms with E-state index >= 15 is 4.39 Å². The molecule has 1 aromatic carbocycles. The van der Waals surface area contributed by atoms with Crippen molar-refractivity contribution in [2.45, 2.75) is 6.04 Å². The number of hydrogen-bond donors (Lipinski definition) is 1. The molecule has 3 aliphatic heterocycles. The highest BCUT2D eigenvalue weighted by atomic mass is 35.5. The van der Waals surface area contributed by atoms with E-state index in [9.17, 15) is 9.59 Å². The zero-order chi connectivity index (χ0) is 27.7. The number of nitrogen functional groups attached to an aromatic ring is 1. The SMILES string of the molecule is C=CC(=O)N1CCN2C(=O)c3c(N4CCN(CCOC)CC4)nc(-c4c(N)cccc4F)c(Cl)c3OC[C@H]2C1. The third-order valence-corrected chi connectivity index (χ3v) is 7.86. The highest BCUT2D eigenvalue weighted by molar-refractivity contribution is 6.35. The number of hydrogen-bond acceptors (Lipinski definition) is 8. The van der Waals surface area contributed by atoms with Gasteiger partial charge in [0.05, 0.1) is 18.2 Å². The van der Waals surface area contributed by atoms with Crippen LogP contribution in [0.1, 0.15) is 10.4 Å². The van der Waals surface area contributed by atoms with Gasteiger partial charge < -0.3 is 29.9 Å². The monoisotopic (exact) mass is 558 g/mol. The van der Waals surface area contributed by atoms with Gasteiger partial charge in [-0.1, -0.05) is 24.2 Å². The molecule has 2 aromatic rings. The number of amides is 2. The van der Waals surface area contributed by atoms with Gasteiger partial charge in [0.25, 0.3) is 5.91 Å². The molecule has 1 atom stereocenters. The topological polar surface area (TPSA) is 104 Å².